The van der Waals surface area contributed by atoms with E-state index in [1.165, 1.54) is 29.4 Å². The molecule has 1 saturated heterocycles. The van der Waals surface area contributed by atoms with E-state index in [0.29, 0.717) is 54.9 Å². The highest BCUT2D eigenvalue weighted by Crippen LogP contribution is 2.21. The lowest BCUT2D eigenvalue weighted by Gasteiger charge is -2.36. The molecule has 3 amide bonds. The van der Waals surface area contributed by atoms with E-state index in [1.807, 2.05) is 24.0 Å². The van der Waals surface area contributed by atoms with E-state index in [9.17, 15) is 18.8 Å². The van der Waals surface area contributed by atoms with Gasteiger partial charge in [0.1, 0.15) is 12.4 Å². The molecule has 0 atom stereocenters. The molecule has 1 aliphatic rings. The van der Waals surface area contributed by atoms with Crippen LogP contribution in [0.4, 0.5) is 15.2 Å². The van der Waals surface area contributed by atoms with Gasteiger partial charge in [0.2, 0.25) is 11.8 Å². The first-order valence-electron chi connectivity index (χ1n) is 12.7. The van der Waals surface area contributed by atoms with Crippen molar-refractivity contribution >= 4 is 39.9 Å². The minimum atomic E-state index is -0.386. The van der Waals surface area contributed by atoms with Crippen molar-refractivity contribution in [2.75, 3.05) is 63.2 Å². The summed E-state index contributed by atoms with van der Waals surface area (Å²) in [6.07, 6.45) is 0.109. The van der Waals surface area contributed by atoms with Crippen LogP contribution in [0, 0.1) is 12.7 Å². The lowest BCUT2D eigenvalue weighted by Crippen LogP contribution is -2.49. The third-order valence-electron chi connectivity index (χ3n) is 6.44. The first kappa shape index (κ1) is 28.2. The van der Waals surface area contributed by atoms with Crippen molar-refractivity contribution in [3.05, 3.63) is 76.5 Å². The Morgan fingerprint density at radius 3 is 2.49 bits per heavy atom. The van der Waals surface area contributed by atoms with E-state index < -0.39 is 0 Å². The largest absolute Gasteiger partial charge is 0.383 e. The van der Waals surface area contributed by atoms with E-state index >= 15 is 0 Å². The number of thiazole rings is 1. The number of para-hydroxylation sites is 1. The fourth-order valence-corrected chi connectivity index (χ4v) is 5.01. The van der Waals surface area contributed by atoms with Crippen LogP contribution < -0.4 is 10.2 Å². The summed E-state index contributed by atoms with van der Waals surface area (Å²) in [5.74, 6) is -0.984. The summed E-state index contributed by atoms with van der Waals surface area (Å²) in [6.45, 7) is 4.42. The number of methoxy groups -OCH3 is 1. The topological polar surface area (TPSA) is 95.1 Å². The molecule has 1 fully saturated rings. The van der Waals surface area contributed by atoms with Gasteiger partial charge in [-0.25, -0.2) is 9.37 Å². The highest BCUT2D eigenvalue weighted by Gasteiger charge is 2.24. The summed E-state index contributed by atoms with van der Waals surface area (Å²) in [5.41, 5.74) is 2.64. The molecule has 3 aromatic rings. The van der Waals surface area contributed by atoms with Crippen molar-refractivity contribution in [3.63, 3.8) is 0 Å². The van der Waals surface area contributed by atoms with Gasteiger partial charge >= 0.3 is 0 Å². The number of carbonyl (C=O) groups is 3. The normalized spacial score (nSPS) is 13.3. The quantitative estimate of drug-likeness (QED) is 0.414. The number of hydrogen-bond donors (Lipinski definition) is 1. The maximum Gasteiger partial charge on any atom is 0.254 e. The predicted molar refractivity (Wildman–Crippen MR) is 149 cm³/mol. The second kappa shape index (κ2) is 13.3. The maximum absolute atomic E-state index is 14.1. The fourth-order valence-electron chi connectivity index (χ4n) is 4.28. The average Bonchev–Trinajstić information content (AvgIpc) is 3.37. The standard InChI is InChI=1S/C28H32FN5O4S/c1-20-7-9-21(10-8-20)27(37)34(15-16-38-2)18-25(35)31-28-30-22(19-39-28)17-26(36)33-13-11-32(12-14-33)24-6-4-3-5-23(24)29/h3-10,19H,11-18H2,1-2H3,(H,30,31,35). The van der Waals surface area contributed by atoms with Crippen molar-refractivity contribution in [1.29, 1.82) is 0 Å². The number of nitrogens with one attached hydrogen (secondary N) is 1. The van der Waals surface area contributed by atoms with Gasteiger partial charge in [-0.2, -0.15) is 0 Å². The number of hydrogen-bond acceptors (Lipinski definition) is 7. The number of piperazine rings is 1. The number of aromatic nitrogens is 1. The molecule has 0 saturated carbocycles. The highest BCUT2D eigenvalue weighted by atomic mass is 32.1. The van der Waals surface area contributed by atoms with Crippen molar-refractivity contribution < 1.29 is 23.5 Å². The number of anilines is 2. The smallest absolute Gasteiger partial charge is 0.254 e. The molecule has 2 heterocycles. The van der Waals surface area contributed by atoms with Gasteiger partial charge in [-0.1, -0.05) is 29.8 Å². The van der Waals surface area contributed by atoms with Gasteiger partial charge in [0, 0.05) is 50.8 Å². The fraction of sp³-hybridized carbons (Fsp3) is 0.357. The number of aryl methyl sites for hydroxylation is 1. The van der Waals surface area contributed by atoms with Crippen LogP contribution in [-0.2, 0) is 20.7 Å². The first-order valence-corrected chi connectivity index (χ1v) is 13.6. The third-order valence-corrected chi connectivity index (χ3v) is 7.25. The Morgan fingerprint density at radius 1 is 1.08 bits per heavy atom. The van der Waals surface area contributed by atoms with Gasteiger partial charge in [0.15, 0.2) is 5.13 Å². The Balaban J connectivity index is 1.28. The van der Waals surface area contributed by atoms with E-state index in [0.717, 1.165) is 5.56 Å². The monoisotopic (exact) mass is 553 g/mol. The Kier molecular flexibility index (Phi) is 9.61. The summed E-state index contributed by atoms with van der Waals surface area (Å²) >= 11 is 1.23. The van der Waals surface area contributed by atoms with Crippen molar-refractivity contribution in [1.82, 2.24) is 14.8 Å². The summed E-state index contributed by atoms with van der Waals surface area (Å²) in [7, 11) is 1.54. The van der Waals surface area contributed by atoms with Gasteiger partial charge in [-0.3, -0.25) is 14.4 Å². The maximum atomic E-state index is 14.1. The first-order chi connectivity index (χ1) is 18.8. The van der Waals surface area contributed by atoms with Crippen LogP contribution in [0.15, 0.2) is 53.9 Å². The molecule has 0 aliphatic carbocycles. The molecule has 9 nitrogen and oxygen atoms in total. The lowest BCUT2D eigenvalue weighted by molar-refractivity contribution is -0.130. The number of carbonyl (C=O) groups excluding carboxylic acids is 3. The molecule has 0 bridgehead atoms. The molecular weight excluding hydrogens is 521 g/mol. The Morgan fingerprint density at radius 2 is 1.79 bits per heavy atom. The van der Waals surface area contributed by atoms with Crippen molar-refractivity contribution in [2.24, 2.45) is 0 Å². The Hall–Kier alpha value is -3.83. The number of benzene rings is 2. The van der Waals surface area contributed by atoms with Crippen LogP contribution in [0.1, 0.15) is 21.6 Å². The number of amides is 3. The van der Waals surface area contributed by atoms with Crippen LogP contribution in [0.3, 0.4) is 0 Å². The van der Waals surface area contributed by atoms with Crippen molar-refractivity contribution in [3.8, 4) is 0 Å². The van der Waals surface area contributed by atoms with Gasteiger partial charge in [-0.05, 0) is 31.2 Å². The number of halogens is 1. The summed E-state index contributed by atoms with van der Waals surface area (Å²) in [5, 5.41) is 4.84. The molecule has 11 heteroatoms. The minimum absolute atomic E-state index is 0.0687. The molecule has 1 N–H and O–H groups in total. The molecular formula is C28H32FN5O4S. The molecule has 0 radical (unpaired) electrons. The molecule has 206 valence electrons. The van der Waals surface area contributed by atoms with Gasteiger partial charge in [0.05, 0.1) is 24.4 Å². The molecule has 1 aromatic heterocycles. The van der Waals surface area contributed by atoms with Crippen LogP contribution in [0.25, 0.3) is 0 Å². The molecule has 4 rings (SSSR count). The predicted octanol–water partition coefficient (Wildman–Crippen LogP) is 3.21. The summed E-state index contributed by atoms with van der Waals surface area (Å²) in [4.78, 5) is 48.1. The molecule has 2 aromatic carbocycles. The van der Waals surface area contributed by atoms with Crippen LogP contribution in [-0.4, -0.2) is 85.5 Å². The van der Waals surface area contributed by atoms with Gasteiger partial charge in [0.25, 0.3) is 5.91 Å². The third kappa shape index (κ3) is 7.61. The van der Waals surface area contributed by atoms with E-state index in [4.69, 9.17) is 4.74 Å². The lowest BCUT2D eigenvalue weighted by atomic mass is 10.1. The van der Waals surface area contributed by atoms with Gasteiger partial charge < -0.3 is 24.8 Å². The molecule has 0 unspecified atom stereocenters. The van der Waals surface area contributed by atoms with Crippen LogP contribution in [0.2, 0.25) is 0 Å². The van der Waals surface area contributed by atoms with Crippen LogP contribution >= 0.6 is 11.3 Å². The zero-order valence-electron chi connectivity index (χ0n) is 22.1. The Labute approximate surface area is 231 Å². The molecule has 39 heavy (non-hydrogen) atoms. The molecule has 1 aliphatic heterocycles. The average molecular weight is 554 g/mol. The van der Waals surface area contributed by atoms with Gasteiger partial charge in [-0.15, -0.1) is 11.3 Å². The Bertz CT molecular complexity index is 1290. The number of nitrogens with zero attached hydrogens (tertiary/aromatic N) is 4. The minimum Gasteiger partial charge on any atom is -0.383 e. The van der Waals surface area contributed by atoms with E-state index in [-0.39, 0.29) is 43.0 Å². The second-order valence-electron chi connectivity index (χ2n) is 9.27. The number of ether oxygens (including phenoxy) is 1. The summed E-state index contributed by atoms with van der Waals surface area (Å²) < 4.78 is 19.2. The zero-order valence-corrected chi connectivity index (χ0v) is 22.9. The zero-order chi connectivity index (χ0) is 27.8. The van der Waals surface area contributed by atoms with Crippen LogP contribution in [0.5, 0.6) is 0 Å². The van der Waals surface area contributed by atoms with Crippen molar-refractivity contribution in [2.45, 2.75) is 13.3 Å². The van der Waals surface area contributed by atoms with E-state index in [2.05, 4.69) is 10.3 Å². The molecule has 0 spiro atoms. The highest BCUT2D eigenvalue weighted by molar-refractivity contribution is 7.13. The number of rotatable bonds is 10. The SMILES string of the molecule is COCCN(CC(=O)Nc1nc(CC(=O)N2CCN(c3ccccc3F)CC2)cs1)C(=O)c1ccc(C)cc1. The summed E-state index contributed by atoms with van der Waals surface area (Å²) in [6, 6.07) is 13.8. The second-order valence-corrected chi connectivity index (χ2v) is 10.1. The van der Waals surface area contributed by atoms with E-state index in [1.54, 1.807) is 40.6 Å².